The van der Waals surface area contributed by atoms with E-state index in [1.807, 2.05) is 0 Å². The summed E-state index contributed by atoms with van der Waals surface area (Å²) in [6, 6.07) is 10.9. The van der Waals surface area contributed by atoms with Gasteiger partial charge in [-0.15, -0.1) is 11.6 Å². The molecule has 2 aromatic carbocycles. The number of benzene rings is 2. The summed E-state index contributed by atoms with van der Waals surface area (Å²) in [5, 5.41) is 9.62. The Balaban J connectivity index is 1.48. The van der Waals surface area contributed by atoms with Crippen LogP contribution in [0.3, 0.4) is 0 Å². The number of fused-ring (bicyclic) bond motifs is 1. The minimum Gasteiger partial charge on any atom is -0.465 e. The van der Waals surface area contributed by atoms with E-state index < -0.39 is 42.8 Å². The summed E-state index contributed by atoms with van der Waals surface area (Å²) in [6.45, 7) is 0.373. The molecule has 2 saturated heterocycles. The maximum Gasteiger partial charge on any atom is 0.407 e. The summed E-state index contributed by atoms with van der Waals surface area (Å²) in [4.78, 5) is 27.2. The SMILES string of the molecule is CS(=O)(=O)c1ccccc1CC1CN(C(=O)O)CCC12CN(S(=O)(=O)c1ccc3[nH]c(=O)sc3c1)C2Cl. The first-order valence-electron chi connectivity index (χ1n) is 11.4. The second-order valence-electron chi connectivity index (χ2n) is 9.55. The van der Waals surface area contributed by atoms with Gasteiger partial charge >= 0.3 is 11.0 Å². The molecule has 2 aliphatic heterocycles. The van der Waals surface area contributed by atoms with Crippen LogP contribution < -0.4 is 4.87 Å². The second-order valence-corrected chi connectivity index (χ2v) is 14.9. The van der Waals surface area contributed by atoms with Gasteiger partial charge in [-0.25, -0.2) is 21.6 Å². The van der Waals surface area contributed by atoms with Crippen molar-refractivity contribution in [3.05, 3.63) is 57.7 Å². The molecule has 5 rings (SSSR count). The number of halogens is 1. The van der Waals surface area contributed by atoms with E-state index in [4.69, 9.17) is 11.6 Å². The number of H-pyrrole nitrogens is 1. The lowest BCUT2D eigenvalue weighted by atomic mass is 9.64. The van der Waals surface area contributed by atoms with Gasteiger partial charge in [-0.05, 0) is 48.6 Å². The lowest BCUT2D eigenvalue weighted by Crippen LogP contribution is -2.70. The highest BCUT2D eigenvalue weighted by Gasteiger charge is 2.61. The largest absolute Gasteiger partial charge is 0.465 e. The highest BCUT2D eigenvalue weighted by atomic mass is 35.5. The quantitative estimate of drug-likeness (QED) is 0.346. The number of amides is 1. The lowest BCUT2D eigenvalue weighted by Gasteiger charge is -2.60. The third kappa shape index (κ3) is 4.46. The zero-order valence-corrected chi connectivity index (χ0v) is 22.8. The molecule has 1 aromatic heterocycles. The number of alkyl halides is 1. The standard InChI is InChI=1S/C23H24ClN3O7S3/c1-36(31,32)19-5-3-2-4-14(19)10-15-12-26(22(29)30)9-8-23(15)13-27(20(23)24)37(33,34)16-6-7-17-18(11-16)35-21(28)25-17/h2-7,11,15,20H,8-10,12-13H2,1H3,(H,25,28)(H,29,30). The van der Waals surface area contributed by atoms with Gasteiger partial charge in [0.2, 0.25) is 10.0 Å². The van der Waals surface area contributed by atoms with E-state index >= 15 is 0 Å². The molecule has 0 bridgehead atoms. The maximum absolute atomic E-state index is 13.5. The Morgan fingerprint density at radius 1 is 1.22 bits per heavy atom. The third-order valence-corrected chi connectivity index (χ3v) is 12.0. The van der Waals surface area contributed by atoms with Gasteiger partial charge in [-0.1, -0.05) is 29.5 Å². The molecule has 3 atom stereocenters. The molecule has 0 saturated carbocycles. The number of carboxylic acid groups (broad SMARTS) is 1. The zero-order chi connectivity index (χ0) is 26.8. The van der Waals surface area contributed by atoms with E-state index in [2.05, 4.69) is 4.98 Å². The van der Waals surface area contributed by atoms with Gasteiger partial charge in [0.25, 0.3) is 0 Å². The lowest BCUT2D eigenvalue weighted by molar-refractivity contribution is -0.0671. The highest BCUT2D eigenvalue weighted by molar-refractivity contribution is 7.90. The third-order valence-electron chi connectivity index (χ3n) is 7.39. The molecular formula is C23H24ClN3O7S3. The molecule has 1 spiro atoms. The fourth-order valence-corrected chi connectivity index (χ4v) is 9.58. The summed E-state index contributed by atoms with van der Waals surface area (Å²) >= 11 is 7.75. The molecule has 3 unspecified atom stereocenters. The Kier molecular flexibility index (Phi) is 6.43. The maximum atomic E-state index is 13.5. The number of rotatable bonds is 5. The summed E-state index contributed by atoms with van der Waals surface area (Å²) in [5.74, 6) is -0.411. The van der Waals surface area contributed by atoms with Crippen LogP contribution in [-0.2, 0) is 26.3 Å². The van der Waals surface area contributed by atoms with E-state index in [9.17, 15) is 31.5 Å². The minimum absolute atomic E-state index is 0.0118. The number of piperidine rings is 1. The molecule has 2 fully saturated rings. The van der Waals surface area contributed by atoms with Crippen molar-refractivity contribution in [2.75, 3.05) is 25.9 Å². The van der Waals surface area contributed by atoms with Crippen molar-refractivity contribution < 1.29 is 26.7 Å². The summed E-state index contributed by atoms with van der Waals surface area (Å²) in [5.41, 5.74) is -0.611. The molecule has 14 heteroatoms. The predicted octanol–water partition coefficient (Wildman–Crippen LogP) is 2.79. The molecule has 2 N–H and O–H groups in total. The van der Waals surface area contributed by atoms with Crippen LogP contribution in [-0.4, -0.2) is 73.6 Å². The molecular weight excluding hydrogens is 562 g/mol. The van der Waals surface area contributed by atoms with Crippen molar-refractivity contribution in [1.29, 1.82) is 0 Å². The number of hydrogen-bond donors (Lipinski definition) is 2. The van der Waals surface area contributed by atoms with Gasteiger partial charge in [0.15, 0.2) is 9.84 Å². The van der Waals surface area contributed by atoms with Gasteiger partial charge in [0.1, 0.15) is 5.50 Å². The van der Waals surface area contributed by atoms with Crippen LogP contribution >= 0.6 is 22.9 Å². The van der Waals surface area contributed by atoms with Crippen LogP contribution in [0.2, 0.25) is 0 Å². The zero-order valence-electron chi connectivity index (χ0n) is 19.6. The number of hydrogen-bond acceptors (Lipinski definition) is 7. The molecule has 0 aliphatic carbocycles. The molecule has 2 aliphatic rings. The molecule has 3 heterocycles. The van der Waals surface area contributed by atoms with Crippen LogP contribution in [0.4, 0.5) is 4.79 Å². The summed E-state index contributed by atoms with van der Waals surface area (Å²) in [7, 11) is -7.53. The van der Waals surface area contributed by atoms with Crippen molar-refractivity contribution >= 4 is 59.1 Å². The number of likely N-dealkylation sites (tertiary alicyclic amines) is 1. The van der Waals surface area contributed by atoms with Crippen LogP contribution in [0.25, 0.3) is 10.2 Å². The Labute approximate surface area is 222 Å². The smallest absolute Gasteiger partial charge is 0.407 e. The number of nitrogens with zero attached hydrogens (tertiary/aromatic N) is 2. The highest BCUT2D eigenvalue weighted by Crippen LogP contribution is 2.54. The van der Waals surface area contributed by atoms with Crippen molar-refractivity contribution in [3.8, 4) is 0 Å². The van der Waals surface area contributed by atoms with Crippen LogP contribution in [0.15, 0.2) is 57.1 Å². The van der Waals surface area contributed by atoms with Gasteiger partial charge in [0, 0.05) is 31.3 Å². The van der Waals surface area contributed by atoms with Crippen LogP contribution in [0.1, 0.15) is 12.0 Å². The Morgan fingerprint density at radius 3 is 2.62 bits per heavy atom. The summed E-state index contributed by atoms with van der Waals surface area (Å²) in [6.07, 6.45) is 0.591. The average Bonchev–Trinajstić information content (AvgIpc) is 3.21. The number of nitrogens with one attached hydrogen (secondary N) is 1. The topological polar surface area (TPSA) is 145 Å². The first-order chi connectivity index (χ1) is 17.3. The fraction of sp³-hybridized carbons (Fsp3) is 0.391. The van der Waals surface area contributed by atoms with Crippen LogP contribution in [0.5, 0.6) is 0 Å². The first-order valence-corrected chi connectivity index (χ1v) is 16.0. The van der Waals surface area contributed by atoms with Crippen molar-refractivity contribution in [2.24, 2.45) is 11.3 Å². The Morgan fingerprint density at radius 2 is 1.95 bits per heavy atom. The molecule has 198 valence electrons. The number of thiazole rings is 1. The molecule has 1 amide bonds. The molecule has 10 nitrogen and oxygen atoms in total. The monoisotopic (exact) mass is 585 g/mol. The molecule has 37 heavy (non-hydrogen) atoms. The predicted molar refractivity (Wildman–Crippen MR) is 139 cm³/mol. The van der Waals surface area contributed by atoms with Gasteiger partial charge < -0.3 is 15.0 Å². The average molecular weight is 586 g/mol. The van der Waals surface area contributed by atoms with E-state index in [-0.39, 0.29) is 40.7 Å². The van der Waals surface area contributed by atoms with E-state index in [0.717, 1.165) is 17.6 Å². The fourth-order valence-electron chi connectivity index (χ4n) is 5.40. The number of aromatic amines is 1. The minimum atomic E-state index is -4.00. The number of sulfone groups is 1. The summed E-state index contributed by atoms with van der Waals surface area (Å²) < 4.78 is 53.4. The Hall–Kier alpha value is -2.45. The first kappa shape index (κ1) is 26.2. The normalized spacial score (nSPS) is 24.9. The van der Waals surface area contributed by atoms with Crippen LogP contribution in [0, 0.1) is 11.3 Å². The van der Waals surface area contributed by atoms with Gasteiger partial charge in [-0.2, -0.15) is 4.31 Å². The molecule has 0 radical (unpaired) electrons. The number of sulfonamides is 1. The van der Waals surface area contributed by atoms with Gasteiger partial charge in [0.05, 0.1) is 20.0 Å². The van der Waals surface area contributed by atoms with Crippen molar-refractivity contribution in [2.45, 2.75) is 28.1 Å². The van der Waals surface area contributed by atoms with Crippen molar-refractivity contribution in [1.82, 2.24) is 14.2 Å². The van der Waals surface area contributed by atoms with E-state index in [1.165, 1.54) is 33.5 Å². The molecule has 3 aromatic rings. The second kappa shape index (κ2) is 9.09. The Bertz CT molecular complexity index is 1670. The van der Waals surface area contributed by atoms with Gasteiger partial charge in [-0.3, -0.25) is 4.79 Å². The number of carbonyl (C=O) groups is 1. The number of aromatic nitrogens is 1. The van der Waals surface area contributed by atoms with E-state index in [1.54, 1.807) is 18.2 Å². The van der Waals surface area contributed by atoms with Crippen molar-refractivity contribution in [3.63, 3.8) is 0 Å². The van der Waals surface area contributed by atoms with E-state index in [0.29, 0.717) is 22.2 Å².